The quantitative estimate of drug-likeness (QED) is 0.203. The molecule has 0 spiro atoms. The fraction of sp³-hybridized carbons (Fsp3) is 0.393. The number of hydrogen-bond donors (Lipinski definition) is 0. The number of nitrogens with zero attached hydrogens (tertiary/aromatic N) is 5. The summed E-state index contributed by atoms with van der Waals surface area (Å²) in [6, 6.07) is 17.7. The van der Waals surface area contributed by atoms with Crippen LogP contribution < -0.4 is 9.80 Å². The molecule has 194 valence electrons. The minimum absolute atomic E-state index is 0.129. The van der Waals surface area contributed by atoms with Gasteiger partial charge in [-0.3, -0.25) is 4.79 Å². The standard InChI is InChI=1S/C28H31Cl2N5OS/c1-20-9-11-35(12-10-20)27(36)22-7-5-21(6-8-22)19-37-28-31-25(30)18-26(32-28)34-15-13-33(14-16-34)24-4-2-3-23(29)17-24/h2-8,17-18,20H,9-16,19H2,1H3. The van der Waals surface area contributed by atoms with Crippen molar-refractivity contribution in [2.24, 2.45) is 5.92 Å². The van der Waals surface area contributed by atoms with Crippen molar-refractivity contribution < 1.29 is 4.79 Å². The van der Waals surface area contributed by atoms with Gasteiger partial charge in [0.2, 0.25) is 0 Å². The van der Waals surface area contributed by atoms with Crippen LogP contribution in [0.5, 0.6) is 0 Å². The van der Waals surface area contributed by atoms with Gasteiger partial charge in [-0.05, 0) is 54.7 Å². The average molecular weight is 557 g/mol. The third kappa shape index (κ3) is 6.70. The monoisotopic (exact) mass is 555 g/mol. The molecule has 1 amide bonds. The number of rotatable bonds is 6. The first-order valence-electron chi connectivity index (χ1n) is 12.8. The van der Waals surface area contributed by atoms with Crippen molar-refractivity contribution in [2.75, 3.05) is 49.1 Å². The number of carbonyl (C=O) groups excluding carboxylic acids is 1. The summed E-state index contributed by atoms with van der Waals surface area (Å²) in [5, 5.41) is 1.85. The molecule has 0 bridgehead atoms. The molecular formula is C28H31Cl2N5OS. The van der Waals surface area contributed by atoms with Crippen LogP contribution in [0, 0.1) is 5.92 Å². The lowest BCUT2D eigenvalue weighted by molar-refractivity contribution is 0.0697. The van der Waals surface area contributed by atoms with Gasteiger partial charge in [0.15, 0.2) is 5.16 Å². The van der Waals surface area contributed by atoms with E-state index in [1.165, 1.54) is 0 Å². The summed E-state index contributed by atoms with van der Waals surface area (Å²) < 4.78 is 0. The molecule has 3 aromatic rings. The lowest BCUT2D eigenvalue weighted by atomic mass is 9.98. The molecule has 2 aliphatic heterocycles. The fourth-order valence-electron chi connectivity index (χ4n) is 4.76. The largest absolute Gasteiger partial charge is 0.368 e. The smallest absolute Gasteiger partial charge is 0.253 e. The Hall–Kier alpha value is -2.48. The van der Waals surface area contributed by atoms with Crippen LogP contribution in [-0.2, 0) is 5.75 Å². The maximum atomic E-state index is 12.8. The zero-order valence-electron chi connectivity index (χ0n) is 20.9. The first kappa shape index (κ1) is 26.1. The van der Waals surface area contributed by atoms with Crippen LogP contribution in [0.1, 0.15) is 35.7 Å². The molecule has 2 aliphatic rings. The van der Waals surface area contributed by atoms with Gasteiger partial charge in [0.25, 0.3) is 5.91 Å². The van der Waals surface area contributed by atoms with Crippen LogP contribution in [0.25, 0.3) is 0 Å². The summed E-state index contributed by atoms with van der Waals surface area (Å²) in [5.41, 5.74) is 3.01. The third-order valence-corrected chi connectivity index (χ3v) is 8.42. The minimum atomic E-state index is 0.129. The molecule has 0 saturated carbocycles. The highest BCUT2D eigenvalue weighted by Gasteiger charge is 2.22. The number of benzene rings is 2. The zero-order chi connectivity index (χ0) is 25.8. The van der Waals surface area contributed by atoms with E-state index < -0.39 is 0 Å². The second kappa shape index (κ2) is 11.9. The molecule has 0 aliphatic carbocycles. The minimum Gasteiger partial charge on any atom is -0.368 e. The lowest BCUT2D eigenvalue weighted by Crippen LogP contribution is -2.46. The second-order valence-electron chi connectivity index (χ2n) is 9.75. The van der Waals surface area contributed by atoms with Gasteiger partial charge in [-0.15, -0.1) is 0 Å². The van der Waals surface area contributed by atoms with Crippen molar-refractivity contribution in [3.63, 3.8) is 0 Å². The highest BCUT2D eigenvalue weighted by atomic mass is 35.5. The highest BCUT2D eigenvalue weighted by molar-refractivity contribution is 7.98. The van der Waals surface area contributed by atoms with E-state index in [1.54, 1.807) is 11.8 Å². The van der Waals surface area contributed by atoms with E-state index in [1.807, 2.05) is 53.4 Å². The Morgan fingerprint density at radius 2 is 1.62 bits per heavy atom. The van der Waals surface area contributed by atoms with Crippen LogP contribution >= 0.6 is 35.0 Å². The molecule has 2 fully saturated rings. The molecule has 5 rings (SSSR count). The number of hydrogen-bond acceptors (Lipinski definition) is 6. The van der Waals surface area contributed by atoms with Crippen molar-refractivity contribution in [1.82, 2.24) is 14.9 Å². The fourth-order valence-corrected chi connectivity index (χ4v) is 5.99. The summed E-state index contributed by atoms with van der Waals surface area (Å²) in [4.78, 5) is 28.6. The second-order valence-corrected chi connectivity index (χ2v) is 11.5. The van der Waals surface area contributed by atoms with Gasteiger partial charge in [0, 0.05) is 67.4 Å². The number of piperazine rings is 1. The average Bonchev–Trinajstić information content (AvgIpc) is 2.92. The normalized spacial score (nSPS) is 16.8. The highest BCUT2D eigenvalue weighted by Crippen LogP contribution is 2.27. The number of piperidine rings is 1. The third-order valence-electron chi connectivity index (χ3n) is 7.08. The van der Waals surface area contributed by atoms with E-state index in [2.05, 4.69) is 27.8 Å². The molecule has 2 saturated heterocycles. The van der Waals surface area contributed by atoms with Gasteiger partial charge in [-0.1, -0.05) is 60.1 Å². The van der Waals surface area contributed by atoms with Crippen LogP contribution in [-0.4, -0.2) is 60.0 Å². The number of carbonyl (C=O) groups is 1. The van der Waals surface area contributed by atoms with E-state index in [0.717, 1.165) is 79.8 Å². The topological polar surface area (TPSA) is 52.6 Å². The Kier molecular flexibility index (Phi) is 8.43. The van der Waals surface area contributed by atoms with Crippen molar-refractivity contribution in [3.8, 4) is 0 Å². The Labute approximate surface area is 233 Å². The van der Waals surface area contributed by atoms with Crippen molar-refractivity contribution in [2.45, 2.75) is 30.7 Å². The Balaban J connectivity index is 1.17. The molecule has 1 aromatic heterocycles. The van der Waals surface area contributed by atoms with E-state index >= 15 is 0 Å². The first-order chi connectivity index (χ1) is 17.9. The van der Waals surface area contributed by atoms with Crippen LogP contribution in [0.2, 0.25) is 10.2 Å². The van der Waals surface area contributed by atoms with E-state index in [4.69, 9.17) is 28.2 Å². The van der Waals surface area contributed by atoms with Gasteiger partial charge in [0.05, 0.1) is 0 Å². The molecule has 0 atom stereocenters. The number of likely N-dealkylation sites (tertiary alicyclic amines) is 1. The number of anilines is 2. The molecule has 0 N–H and O–H groups in total. The van der Waals surface area contributed by atoms with Crippen molar-refractivity contribution >= 4 is 52.4 Å². The van der Waals surface area contributed by atoms with Gasteiger partial charge in [-0.25, -0.2) is 9.97 Å². The van der Waals surface area contributed by atoms with Crippen molar-refractivity contribution in [3.05, 3.63) is 75.9 Å². The van der Waals surface area contributed by atoms with Crippen molar-refractivity contribution in [1.29, 1.82) is 0 Å². The molecule has 0 unspecified atom stereocenters. The van der Waals surface area contributed by atoms with Gasteiger partial charge in [-0.2, -0.15) is 0 Å². The zero-order valence-corrected chi connectivity index (χ0v) is 23.3. The molecule has 3 heterocycles. The summed E-state index contributed by atoms with van der Waals surface area (Å²) in [6.45, 7) is 7.40. The molecular weight excluding hydrogens is 525 g/mol. The Morgan fingerprint density at radius 3 is 2.32 bits per heavy atom. The number of amides is 1. The Bertz CT molecular complexity index is 1230. The SMILES string of the molecule is CC1CCN(C(=O)c2ccc(CSc3nc(Cl)cc(N4CCN(c5cccc(Cl)c5)CC4)n3)cc2)CC1. The van der Waals surface area contributed by atoms with E-state index in [9.17, 15) is 4.79 Å². The summed E-state index contributed by atoms with van der Waals surface area (Å²) in [6.07, 6.45) is 2.17. The van der Waals surface area contributed by atoms with Crippen LogP contribution in [0.4, 0.5) is 11.5 Å². The lowest BCUT2D eigenvalue weighted by Gasteiger charge is -2.36. The summed E-state index contributed by atoms with van der Waals surface area (Å²) >= 11 is 14.1. The van der Waals surface area contributed by atoms with E-state index in [-0.39, 0.29) is 5.91 Å². The number of aromatic nitrogens is 2. The first-order valence-corrected chi connectivity index (χ1v) is 14.5. The molecule has 6 nitrogen and oxygen atoms in total. The number of halogens is 2. The van der Waals surface area contributed by atoms with Crippen LogP contribution in [0.3, 0.4) is 0 Å². The summed E-state index contributed by atoms with van der Waals surface area (Å²) in [7, 11) is 0. The maximum absolute atomic E-state index is 12.8. The maximum Gasteiger partial charge on any atom is 0.253 e. The molecule has 0 radical (unpaired) electrons. The van der Waals surface area contributed by atoms with Crippen LogP contribution in [0.15, 0.2) is 59.8 Å². The molecule has 2 aromatic carbocycles. The number of thioether (sulfide) groups is 1. The predicted molar refractivity (Wildman–Crippen MR) is 153 cm³/mol. The predicted octanol–water partition coefficient (Wildman–Crippen LogP) is 6.27. The van der Waals surface area contributed by atoms with Gasteiger partial charge >= 0.3 is 0 Å². The molecule has 9 heteroatoms. The van der Waals surface area contributed by atoms with Gasteiger partial charge < -0.3 is 14.7 Å². The Morgan fingerprint density at radius 1 is 0.919 bits per heavy atom. The summed E-state index contributed by atoms with van der Waals surface area (Å²) in [5.74, 6) is 2.39. The van der Waals surface area contributed by atoms with Gasteiger partial charge in [0.1, 0.15) is 11.0 Å². The molecule has 37 heavy (non-hydrogen) atoms. The van der Waals surface area contributed by atoms with E-state index in [0.29, 0.717) is 22.0 Å².